The number of aromatic nitrogens is 3. The van der Waals surface area contributed by atoms with Crippen molar-refractivity contribution in [3.05, 3.63) is 42.2 Å². The van der Waals surface area contributed by atoms with Crippen molar-refractivity contribution in [2.24, 2.45) is 11.8 Å². The third kappa shape index (κ3) is 3.55. The molecule has 130 valence electrons. The topological polar surface area (TPSA) is 88.9 Å². The zero-order chi connectivity index (χ0) is 17.2. The zero-order valence-corrected chi connectivity index (χ0v) is 13.9. The van der Waals surface area contributed by atoms with Crippen LogP contribution in [0.3, 0.4) is 0 Å². The Kier molecular flexibility index (Phi) is 4.21. The minimum Gasteiger partial charge on any atom is -0.356 e. The normalized spacial score (nSPS) is 19.1. The van der Waals surface area contributed by atoms with Crippen molar-refractivity contribution in [2.45, 2.75) is 32.2 Å². The van der Waals surface area contributed by atoms with E-state index >= 15 is 0 Å². The number of hydrogen-bond donors (Lipinski definition) is 2. The summed E-state index contributed by atoms with van der Waals surface area (Å²) in [4.78, 5) is 33.0. The van der Waals surface area contributed by atoms with E-state index < -0.39 is 0 Å². The van der Waals surface area contributed by atoms with Gasteiger partial charge < -0.3 is 15.2 Å². The first-order chi connectivity index (χ1) is 12.2. The molecule has 2 amide bonds. The van der Waals surface area contributed by atoms with Crippen molar-refractivity contribution in [1.29, 1.82) is 0 Å². The second-order valence-electron chi connectivity index (χ2n) is 6.81. The molecule has 4 rings (SSSR count). The Morgan fingerprint density at radius 2 is 2.16 bits per heavy atom. The van der Waals surface area contributed by atoms with E-state index in [1.807, 2.05) is 4.57 Å². The molecule has 2 aliphatic rings. The largest absolute Gasteiger partial charge is 0.356 e. The van der Waals surface area contributed by atoms with Crippen LogP contribution >= 0.6 is 0 Å². The molecule has 0 radical (unpaired) electrons. The first kappa shape index (κ1) is 15.8. The van der Waals surface area contributed by atoms with Gasteiger partial charge in [-0.25, -0.2) is 4.98 Å². The number of nitrogens with zero attached hydrogens (tertiary/aromatic N) is 3. The Bertz CT molecular complexity index is 782. The van der Waals surface area contributed by atoms with Gasteiger partial charge in [-0.15, -0.1) is 0 Å². The van der Waals surface area contributed by atoms with Crippen LogP contribution in [0.25, 0.3) is 0 Å². The van der Waals surface area contributed by atoms with Crippen LogP contribution in [0.15, 0.2) is 30.9 Å². The predicted molar refractivity (Wildman–Crippen MR) is 92.0 cm³/mol. The summed E-state index contributed by atoms with van der Waals surface area (Å²) in [6, 6.07) is 3.55. The van der Waals surface area contributed by atoms with E-state index in [9.17, 15) is 9.59 Å². The maximum Gasteiger partial charge on any atom is 0.276 e. The average molecular weight is 339 g/mol. The molecule has 1 aliphatic heterocycles. The first-order valence-corrected chi connectivity index (χ1v) is 8.74. The van der Waals surface area contributed by atoms with Gasteiger partial charge in [-0.3, -0.25) is 14.6 Å². The van der Waals surface area contributed by atoms with Crippen LogP contribution in [-0.4, -0.2) is 32.9 Å². The molecule has 1 fully saturated rings. The van der Waals surface area contributed by atoms with Gasteiger partial charge in [0.2, 0.25) is 5.91 Å². The van der Waals surface area contributed by atoms with Crippen molar-refractivity contribution < 1.29 is 9.59 Å². The number of rotatable bonds is 5. The molecule has 1 atom stereocenters. The smallest absolute Gasteiger partial charge is 0.276 e. The Morgan fingerprint density at radius 3 is 2.92 bits per heavy atom. The number of amides is 2. The number of carbonyl (C=O) groups is 2. The second kappa shape index (κ2) is 6.66. The quantitative estimate of drug-likeness (QED) is 0.866. The van der Waals surface area contributed by atoms with E-state index in [0.29, 0.717) is 30.3 Å². The predicted octanol–water partition coefficient (Wildman–Crippen LogP) is 1.62. The Hall–Kier alpha value is -2.70. The van der Waals surface area contributed by atoms with Crippen LogP contribution in [0.4, 0.5) is 5.69 Å². The highest BCUT2D eigenvalue weighted by Crippen LogP contribution is 2.28. The summed E-state index contributed by atoms with van der Waals surface area (Å²) >= 11 is 0. The number of nitrogens with one attached hydrogen (secondary N) is 2. The van der Waals surface area contributed by atoms with Gasteiger partial charge in [-0.05, 0) is 43.7 Å². The molecule has 1 unspecified atom stereocenters. The van der Waals surface area contributed by atoms with Crippen molar-refractivity contribution in [3.63, 3.8) is 0 Å². The fourth-order valence-electron chi connectivity index (χ4n) is 3.21. The van der Waals surface area contributed by atoms with E-state index in [2.05, 4.69) is 20.6 Å². The lowest BCUT2D eigenvalue weighted by Crippen LogP contribution is -2.37. The number of hydrogen-bond acceptors (Lipinski definition) is 4. The summed E-state index contributed by atoms with van der Waals surface area (Å²) < 4.78 is 1.93. The molecule has 2 aromatic rings. The molecular formula is C18H21N5O2. The maximum atomic E-state index is 12.5. The van der Waals surface area contributed by atoms with E-state index in [1.54, 1.807) is 30.9 Å². The van der Waals surface area contributed by atoms with Crippen molar-refractivity contribution in [3.8, 4) is 0 Å². The van der Waals surface area contributed by atoms with Gasteiger partial charge >= 0.3 is 0 Å². The van der Waals surface area contributed by atoms with Gasteiger partial charge in [0.1, 0.15) is 5.69 Å². The molecule has 2 aromatic heterocycles. The molecule has 25 heavy (non-hydrogen) atoms. The van der Waals surface area contributed by atoms with Crippen LogP contribution in [0.5, 0.6) is 0 Å². The molecule has 1 aliphatic carbocycles. The lowest BCUT2D eigenvalue weighted by atomic mass is 9.96. The van der Waals surface area contributed by atoms with Gasteiger partial charge in [0.25, 0.3) is 5.91 Å². The van der Waals surface area contributed by atoms with Gasteiger partial charge in [0.05, 0.1) is 29.8 Å². The van der Waals surface area contributed by atoms with Crippen molar-refractivity contribution in [2.75, 3.05) is 11.9 Å². The zero-order valence-electron chi connectivity index (χ0n) is 13.9. The molecule has 0 bridgehead atoms. The van der Waals surface area contributed by atoms with Crippen molar-refractivity contribution in [1.82, 2.24) is 19.9 Å². The molecule has 7 nitrogen and oxygen atoms in total. The van der Waals surface area contributed by atoms with E-state index in [4.69, 9.17) is 0 Å². The highest BCUT2D eigenvalue weighted by atomic mass is 16.2. The minimum absolute atomic E-state index is 0.0466. The second-order valence-corrected chi connectivity index (χ2v) is 6.81. The molecule has 0 spiro atoms. The van der Waals surface area contributed by atoms with Crippen LogP contribution in [0.2, 0.25) is 0 Å². The highest BCUT2D eigenvalue weighted by molar-refractivity contribution is 6.03. The first-order valence-electron chi connectivity index (χ1n) is 8.74. The standard InChI is InChI=1S/C18H21N5O2/c24-17(20-8-12-3-4-12)13-5-6-15-16(21-11-23(15)10-13)18(25)22-14-2-1-7-19-9-14/h1-2,7,9,11-13H,3-6,8,10H2,(H,20,24)(H,22,25). The fourth-order valence-corrected chi connectivity index (χ4v) is 3.21. The summed E-state index contributed by atoms with van der Waals surface area (Å²) in [6.07, 6.45) is 8.79. The van der Waals surface area contributed by atoms with Crippen LogP contribution in [0, 0.1) is 11.8 Å². The molecule has 3 heterocycles. The fraction of sp³-hybridized carbons (Fsp3) is 0.444. The third-order valence-corrected chi connectivity index (χ3v) is 4.86. The monoisotopic (exact) mass is 339 g/mol. The number of anilines is 1. The SMILES string of the molecule is O=C(Nc1cccnc1)c1ncn2c1CCC(C(=O)NCC1CC1)C2. The van der Waals surface area contributed by atoms with Gasteiger partial charge in [-0.2, -0.15) is 0 Å². The maximum absolute atomic E-state index is 12.5. The molecule has 7 heteroatoms. The molecule has 0 aromatic carbocycles. The summed E-state index contributed by atoms with van der Waals surface area (Å²) in [5, 5.41) is 5.86. The lowest BCUT2D eigenvalue weighted by molar-refractivity contribution is -0.126. The van der Waals surface area contributed by atoms with E-state index in [1.165, 1.54) is 12.8 Å². The number of fused-ring (bicyclic) bond motifs is 1. The summed E-state index contributed by atoms with van der Waals surface area (Å²) in [5.74, 6) is 0.514. The summed E-state index contributed by atoms with van der Waals surface area (Å²) in [7, 11) is 0. The third-order valence-electron chi connectivity index (χ3n) is 4.86. The number of pyridine rings is 1. The van der Waals surface area contributed by atoms with Gasteiger partial charge in [0, 0.05) is 19.3 Å². The summed E-state index contributed by atoms with van der Waals surface area (Å²) in [6.45, 7) is 1.38. The van der Waals surface area contributed by atoms with Gasteiger partial charge in [-0.1, -0.05) is 0 Å². The number of imidazole rings is 1. The Morgan fingerprint density at radius 1 is 1.28 bits per heavy atom. The molecular weight excluding hydrogens is 318 g/mol. The van der Waals surface area contributed by atoms with Gasteiger partial charge in [0.15, 0.2) is 0 Å². The summed E-state index contributed by atoms with van der Waals surface area (Å²) in [5.41, 5.74) is 1.97. The Labute approximate surface area is 145 Å². The van der Waals surface area contributed by atoms with Crippen LogP contribution in [0.1, 0.15) is 35.4 Å². The lowest BCUT2D eigenvalue weighted by Gasteiger charge is -2.24. The Balaban J connectivity index is 1.41. The van der Waals surface area contributed by atoms with E-state index in [-0.39, 0.29) is 17.7 Å². The van der Waals surface area contributed by atoms with Crippen LogP contribution in [-0.2, 0) is 17.8 Å². The molecule has 1 saturated carbocycles. The average Bonchev–Trinajstić information content (AvgIpc) is 3.37. The molecule has 0 saturated heterocycles. The number of carbonyl (C=O) groups excluding carboxylic acids is 2. The van der Waals surface area contributed by atoms with Crippen molar-refractivity contribution >= 4 is 17.5 Å². The van der Waals surface area contributed by atoms with Crippen LogP contribution < -0.4 is 10.6 Å². The van der Waals surface area contributed by atoms with E-state index in [0.717, 1.165) is 18.7 Å². The minimum atomic E-state index is -0.238. The molecule has 2 N–H and O–H groups in total. The highest BCUT2D eigenvalue weighted by Gasteiger charge is 2.30.